The normalized spacial score (nSPS) is 12.4. The molecule has 18 heavy (non-hydrogen) atoms. The number of aromatic nitrogens is 2. The quantitative estimate of drug-likeness (QED) is 0.639. The number of hydrogen-bond donors (Lipinski definition) is 0. The Kier molecular flexibility index (Phi) is 4.03. The summed E-state index contributed by atoms with van der Waals surface area (Å²) < 4.78 is 27.1. The first kappa shape index (κ1) is 13.1. The van der Waals surface area contributed by atoms with E-state index >= 15 is 0 Å². The van der Waals surface area contributed by atoms with Crippen LogP contribution in [0.2, 0.25) is 0 Å². The van der Waals surface area contributed by atoms with Crippen molar-refractivity contribution >= 4 is 28.9 Å². The predicted octanol–water partition coefficient (Wildman–Crippen LogP) is 3.18. The van der Waals surface area contributed by atoms with Crippen LogP contribution in [0.5, 0.6) is 0 Å². The van der Waals surface area contributed by atoms with Crippen molar-refractivity contribution in [3.63, 3.8) is 0 Å². The summed E-state index contributed by atoms with van der Waals surface area (Å²) in [6.45, 7) is 1.62. The van der Waals surface area contributed by atoms with Gasteiger partial charge in [-0.1, -0.05) is 23.1 Å². The van der Waals surface area contributed by atoms with E-state index < -0.39 is 22.7 Å². The number of carbonyl (C=O) groups excluding carboxylic acids is 1. The van der Waals surface area contributed by atoms with Gasteiger partial charge in [0.2, 0.25) is 0 Å². The number of ketones is 1. The maximum absolute atomic E-state index is 13.4. The second-order valence-corrected chi connectivity index (χ2v) is 5.87. The molecule has 1 atom stereocenters. The van der Waals surface area contributed by atoms with Crippen LogP contribution >= 0.6 is 23.1 Å². The Morgan fingerprint density at radius 1 is 1.44 bits per heavy atom. The maximum Gasteiger partial charge on any atom is 0.179 e. The van der Waals surface area contributed by atoms with Gasteiger partial charge in [0.05, 0.1) is 10.8 Å². The molecular weight excluding hydrogens is 278 g/mol. The van der Waals surface area contributed by atoms with Gasteiger partial charge in [-0.3, -0.25) is 4.79 Å². The molecule has 0 radical (unpaired) electrons. The molecule has 1 aromatic carbocycles. The van der Waals surface area contributed by atoms with Gasteiger partial charge in [-0.05, 0) is 25.1 Å². The number of rotatable bonds is 4. The van der Waals surface area contributed by atoms with Crippen molar-refractivity contribution in [2.45, 2.75) is 16.5 Å². The lowest BCUT2D eigenvalue weighted by molar-refractivity contribution is 0.0989. The van der Waals surface area contributed by atoms with Crippen LogP contribution in [0, 0.1) is 11.6 Å². The summed E-state index contributed by atoms with van der Waals surface area (Å²) in [4.78, 5) is 12.0. The number of benzene rings is 1. The molecule has 0 aliphatic carbocycles. The molecule has 7 heteroatoms. The zero-order chi connectivity index (χ0) is 13.1. The number of hydrogen-bond acceptors (Lipinski definition) is 5. The fourth-order valence-corrected chi connectivity index (χ4v) is 3.02. The highest BCUT2D eigenvalue weighted by Crippen LogP contribution is 2.27. The van der Waals surface area contributed by atoms with E-state index in [9.17, 15) is 13.6 Å². The first-order chi connectivity index (χ1) is 8.58. The molecule has 94 valence electrons. The van der Waals surface area contributed by atoms with Crippen molar-refractivity contribution in [3.05, 3.63) is 40.9 Å². The van der Waals surface area contributed by atoms with E-state index in [0.29, 0.717) is 4.34 Å². The van der Waals surface area contributed by atoms with Crippen LogP contribution in [0.15, 0.2) is 28.0 Å². The van der Waals surface area contributed by atoms with Crippen molar-refractivity contribution in [2.24, 2.45) is 0 Å². The molecule has 2 aromatic rings. The van der Waals surface area contributed by atoms with Gasteiger partial charge in [0, 0.05) is 0 Å². The monoisotopic (exact) mass is 286 g/mol. The number of halogens is 2. The van der Waals surface area contributed by atoms with Gasteiger partial charge < -0.3 is 0 Å². The molecule has 0 saturated carbocycles. The minimum absolute atomic E-state index is 0.237. The molecule has 0 aliphatic rings. The average molecular weight is 286 g/mol. The Bertz CT molecular complexity index is 560. The van der Waals surface area contributed by atoms with Crippen LogP contribution in [0.25, 0.3) is 0 Å². The Balaban J connectivity index is 2.17. The smallest absolute Gasteiger partial charge is 0.179 e. The molecule has 0 aliphatic heterocycles. The minimum atomic E-state index is -0.717. The Hall–Kier alpha value is -1.34. The lowest BCUT2D eigenvalue weighted by Crippen LogP contribution is -2.15. The number of Topliss-reactive ketones (excluding diaryl/α,β-unsaturated/α-hetero) is 1. The second-order valence-electron chi connectivity index (χ2n) is 3.45. The molecule has 0 fully saturated rings. The summed E-state index contributed by atoms with van der Waals surface area (Å²) in [5.41, 5.74) is 1.31. The third kappa shape index (κ3) is 2.91. The van der Waals surface area contributed by atoms with E-state index in [4.69, 9.17) is 0 Å². The highest BCUT2D eigenvalue weighted by molar-refractivity contribution is 8.02. The molecule has 0 amide bonds. The van der Waals surface area contributed by atoms with Gasteiger partial charge in [-0.25, -0.2) is 8.78 Å². The zero-order valence-electron chi connectivity index (χ0n) is 9.26. The lowest BCUT2D eigenvalue weighted by atomic mass is 10.1. The Labute approximate surface area is 110 Å². The average Bonchev–Trinajstić information content (AvgIpc) is 2.84. The van der Waals surface area contributed by atoms with Crippen molar-refractivity contribution in [2.75, 3.05) is 0 Å². The summed E-state index contributed by atoms with van der Waals surface area (Å²) in [5.74, 6) is -1.81. The molecule has 3 nitrogen and oxygen atoms in total. The summed E-state index contributed by atoms with van der Waals surface area (Å²) in [7, 11) is 0. The van der Waals surface area contributed by atoms with Crippen LogP contribution in [0.1, 0.15) is 17.3 Å². The molecular formula is C11H8F2N2OS2. The van der Waals surface area contributed by atoms with Gasteiger partial charge in [0.25, 0.3) is 0 Å². The van der Waals surface area contributed by atoms with Crippen molar-refractivity contribution < 1.29 is 13.6 Å². The van der Waals surface area contributed by atoms with Crippen molar-refractivity contribution in [3.8, 4) is 0 Å². The highest BCUT2D eigenvalue weighted by Gasteiger charge is 2.21. The third-order valence-electron chi connectivity index (χ3n) is 2.18. The van der Waals surface area contributed by atoms with Gasteiger partial charge in [-0.15, -0.1) is 10.2 Å². The fourth-order valence-electron chi connectivity index (χ4n) is 1.32. The number of thioether (sulfide) groups is 1. The molecule has 0 bridgehead atoms. The van der Waals surface area contributed by atoms with Crippen molar-refractivity contribution in [1.29, 1.82) is 0 Å². The van der Waals surface area contributed by atoms with Gasteiger partial charge >= 0.3 is 0 Å². The topological polar surface area (TPSA) is 42.9 Å². The largest absolute Gasteiger partial charge is 0.293 e. The van der Waals surface area contributed by atoms with Crippen LogP contribution < -0.4 is 0 Å². The first-order valence-electron chi connectivity index (χ1n) is 5.00. The van der Waals surface area contributed by atoms with Crippen LogP contribution in [-0.4, -0.2) is 21.2 Å². The van der Waals surface area contributed by atoms with E-state index in [2.05, 4.69) is 10.2 Å². The van der Waals surface area contributed by atoms with E-state index in [-0.39, 0.29) is 5.56 Å². The summed E-state index contributed by atoms with van der Waals surface area (Å²) >= 11 is 2.47. The van der Waals surface area contributed by atoms with Crippen molar-refractivity contribution in [1.82, 2.24) is 10.2 Å². The maximum atomic E-state index is 13.4. The van der Waals surface area contributed by atoms with Gasteiger partial charge in [-0.2, -0.15) is 0 Å². The third-order valence-corrected chi connectivity index (χ3v) is 4.09. The predicted molar refractivity (Wildman–Crippen MR) is 65.9 cm³/mol. The molecule has 2 rings (SSSR count). The molecule has 1 heterocycles. The summed E-state index contributed by atoms with van der Waals surface area (Å²) in [6, 6.07) is 2.84. The Morgan fingerprint density at radius 3 is 2.89 bits per heavy atom. The lowest BCUT2D eigenvalue weighted by Gasteiger charge is -2.08. The zero-order valence-corrected chi connectivity index (χ0v) is 10.9. The Morgan fingerprint density at radius 2 is 2.22 bits per heavy atom. The van der Waals surface area contributed by atoms with Crippen LogP contribution in [-0.2, 0) is 0 Å². The number of carbonyl (C=O) groups is 1. The molecule has 0 N–H and O–H groups in total. The molecule has 0 saturated heterocycles. The second kappa shape index (κ2) is 5.53. The molecule has 0 unspecified atom stereocenters. The van der Waals surface area contributed by atoms with Crippen LogP contribution in [0.4, 0.5) is 8.78 Å². The fraction of sp³-hybridized carbons (Fsp3) is 0.182. The highest BCUT2D eigenvalue weighted by atomic mass is 32.2. The molecule has 0 spiro atoms. The SMILES string of the molecule is C[C@H](Sc1nncs1)C(=O)c1cc(F)ccc1F. The van der Waals surface area contributed by atoms with Gasteiger partial charge in [0.15, 0.2) is 10.1 Å². The standard InChI is InChI=1S/C11H8F2N2OS2/c1-6(18-11-15-14-5-17-11)10(16)8-4-7(12)2-3-9(8)13/h2-6H,1H3/t6-/m0/s1. The summed E-state index contributed by atoms with van der Waals surface area (Å²) in [6.07, 6.45) is 0. The number of nitrogens with zero attached hydrogens (tertiary/aromatic N) is 2. The molecule has 1 aromatic heterocycles. The first-order valence-corrected chi connectivity index (χ1v) is 6.76. The minimum Gasteiger partial charge on any atom is -0.293 e. The van der Waals surface area contributed by atoms with E-state index in [1.807, 2.05) is 0 Å². The van der Waals surface area contributed by atoms with Gasteiger partial charge in [0.1, 0.15) is 17.1 Å². The summed E-state index contributed by atoms with van der Waals surface area (Å²) in [5, 5.41) is 6.88. The van der Waals surface area contributed by atoms with Crippen LogP contribution in [0.3, 0.4) is 0 Å². The van der Waals surface area contributed by atoms with E-state index in [1.165, 1.54) is 23.1 Å². The van der Waals surface area contributed by atoms with E-state index in [0.717, 1.165) is 18.2 Å². The van der Waals surface area contributed by atoms with E-state index in [1.54, 1.807) is 12.4 Å².